The van der Waals surface area contributed by atoms with Crippen LogP contribution in [0.5, 0.6) is 5.75 Å². The Morgan fingerprint density at radius 3 is 2.13 bits per heavy atom. The molecule has 168 valence electrons. The van der Waals surface area contributed by atoms with Crippen LogP contribution in [-0.2, 0) is 20.6 Å². The van der Waals surface area contributed by atoms with Crippen molar-refractivity contribution >= 4 is 20.0 Å². The molecule has 0 saturated carbocycles. The van der Waals surface area contributed by atoms with E-state index in [9.17, 15) is 9.59 Å². The Morgan fingerprint density at radius 2 is 1.67 bits per heavy atom. The van der Waals surface area contributed by atoms with Crippen molar-refractivity contribution < 1.29 is 18.8 Å². The van der Waals surface area contributed by atoms with Crippen molar-refractivity contribution in [2.45, 2.75) is 91.2 Å². The fourth-order valence-corrected chi connectivity index (χ4v) is 4.71. The van der Waals surface area contributed by atoms with Gasteiger partial charge < -0.3 is 14.1 Å². The van der Waals surface area contributed by atoms with E-state index in [4.69, 9.17) is 9.16 Å². The van der Waals surface area contributed by atoms with Gasteiger partial charge in [0.1, 0.15) is 11.5 Å². The van der Waals surface area contributed by atoms with Crippen molar-refractivity contribution in [2.24, 2.45) is 5.41 Å². The molecule has 1 saturated heterocycles. The third kappa shape index (κ3) is 5.73. The third-order valence-corrected chi connectivity index (χ3v) is 11.0. The first-order chi connectivity index (χ1) is 13.7. The number of hydrogen-bond donors (Lipinski definition) is 0. The van der Waals surface area contributed by atoms with E-state index in [1.54, 1.807) is 7.11 Å². The van der Waals surface area contributed by atoms with Crippen LogP contribution < -0.4 is 4.74 Å². The minimum atomic E-state index is -2.08. The van der Waals surface area contributed by atoms with Crippen LogP contribution in [-0.4, -0.2) is 44.2 Å². The average Bonchev–Trinajstić information content (AvgIpc) is 2.88. The average molecular weight is 434 g/mol. The molecule has 1 aromatic carbocycles. The van der Waals surface area contributed by atoms with E-state index in [2.05, 4.69) is 33.9 Å². The number of rotatable bonds is 7. The second-order valence-corrected chi connectivity index (χ2v) is 15.7. The van der Waals surface area contributed by atoms with E-state index in [1.807, 2.05) is 49.9 Å². The van der Waals surface area contributed by atoms with Crippen molar-refractivity contribution in [1.29, 1.82) is 0 Å². The number of carbonyl (C=O) groups is 2. The maximum atomic E-state index is 13.0. The Labute approximate surface area is 183 Å². The predicted octanol–water partition coefficient (Wildman–Crippen LogP) is 5.19. The maximum absolute atomic E-state index is 13.0. The molecule has 0 radical (unpaired) electrons. The quantitative estimate of drug-likeness (QED) is 0.555. The van der Waals surface area contributed by atoms with Gasteiger partial charge in [-0.2, -0.15) is 0 Å². The molecule has 1 aromatic rings. The Bertz CT molecular complexity index is 759. The Morgan fingerprint density at radius 1 is 1.10 bits per heavy atom. The molecular weight excluding hydrogens is 394 g/mol. The molecule has 0 aliphatic carbocycles. The van der Waals surface area contributed by atoms with Gasteiger partial charge in [-0.1, -0.05) is 53.7 Å². The van der Waals surface area contributed by atoms with Gasteiger partial charge in [0.25, 0.3) is 0 Å². The minimum Gasteiger partial charge on any atom is -0.497 e. The summed E-state index contributed by atoms with van der Waals surface area (Å²) in [4.78, 5) is 27.8. The zero-order valence-electron chi connectivity index (χ0n) is 20.2. The first kappa shape index (κ1) is 24.6. The van der Waals surface area contributed by atoms with Crippen LogP contribution in [0.4, 0.5) is 0 Å². The fourth-order valence-electron chi connectivity index (χ4n) is 3.36. The molecule has 0 bridgehead atoms. The van der Waals surface area contributed by atoms with E-state index >= 15 is 0 Å². The number of likely N-dealkylation sites (tertiary alicyclic amines) is 1. The summed E-state index contributed by atoms with van der Waals surface area (Å²) in [6.07, 6.45) is 0.415. The van der Waals surface area contributed by atoms with Gasteiger partial charge in [-0.15, -0.1) is 0 Å². The molecule has 1 heterocycles. The van der Waals surface area contributed by atoms with Gasteiger partial charge in [-0.3, -0.25) is 9.59 Å². The molecule has 0 unspecified atom stereocenters. The number of amides is 1. The van der Waals surface area contributed by atoms with Crippen LogP contribution in [0.25, 0.3) is 0 Å². The second-order valence-electron chi connectivity index (χ2n) is 10.9. The highest BCUT2D eigenvalue weighted by atomic mass is 28.4. The molecule has 2 atom stereocenters. The highest BCUT2D eigenvalue weighted by molar-refractivity contribution is 6.74. The number of benzene rings is 1. The second kappa shape index (κ2) is 8.83. The Hall–Kier alpha value is -1.66. The van der Waals surface area contributed by atoms with Gasteiger partial charge in [-0.05, 0) is 35.8 Å². The van der Waals surface area contributed by atoms with E-state index in [1.165, 1.54) is 0 Å². The van der Waals surface area contributed by atoms with Gasteiger partial charge in [0.15, 0.2) is 8.32 Å². The van der Waals surface area contributed by atoms with Crippen LogP contribution in [0.3, 0.4) is 0 Å². The molecule has 6 heteroatoms. The minimum absolute atomic E-state index is 0.0397. The summed E-state index contributed by atoms with van der Waals surface area (Å²) in [5.41, 5.74) is 0.573. The van der Waals surface area contributed by atoms with Crippen molar-refractivity contribution in [3.05, 3.63) is 29.8 Å². The van der Waals surface area contributed by atoms with Gasteiger partial charge >= 0.3 is 0 Å². The van der Waals surface area contributed by atoms with Crippen LogP contribution in [0, 0.1) is 5.41 Å². The monoisotopic (exact) mass is 433 g/mol. The number of Topliss-reactive ketones (excluding diaryl/α,β-unsaturated/α-hetero) is 1. The Balaban J connectivity index is 2.31. The van der Waals surface area contributed by atoms with Gasteiger partial charge in [0.2, 0.25) is 5.91 Å². The van der Waals surface area contributed by atoms with Crippen LogP contribution in [0.1, 0.15) is 59.9 Å². The van der Waals surface area contributed by atoms with Crippen molar-refractivity contribution in [3.8, 4) is 5.75 Å². The lowest BCUT2D eigenvalue weighted by Crippen LogP contribution is -2.48. The number of ether oxygens (including phenoxy) is 1. The standard InChI is InChI=1S/C24H39NO4Si/c1-23(2,3)21(26)14-19-20(29-30(8,9)24(4,5)6)15-22(27)25(19)16-17-10-12-18(28-7)13-11-17/h10-13,19-20H,14-16H2,1-9H3/t19-,20+/m1/s1. The zero-order valence-corrected chi connectivity index (χ0v) is 21.2. The fraction of sp³-hybridized carbons (Fsp3) is 0.667. The molecular formula is C24H39NO4Si. The molecule has 0 spiro atoms. The van der Waals surface area contributed by atoms with Gasteiger partial charge in [-0.25, -0.2) is 0 Å². The maximum Gasteiger partial charge on any atom is 0.225 e. The van der Waals surface area contributed by atoms with Gasteiger partial charge in [0.05, 0.1) is 25.7 Å². The van der Waals surface area contributed by atoms with E-state index in [-0.39, 0.29) is 28.9 Å². The predicted molar refractivity (Wildman–Crippen MR) is 123 cm³/mol. The number of nitrogens with zero attached hydrogens (tertiary/aromatic N) is 1. The van der Waals surface area contributed by atoms with E-state index < -0.39 is 13.7 Å². The SMILES string of the molecule is COc1ccc(CN2C(=O)C[C@H](O[Si](C)(C)C(C)(C)C)[C@H]2CC(=O)C(C)(C)C)cc1. The normalized spacial score (nSPS) is 20.6. The summed E-state index contributed by atoms with van der Waals surface area (Å²) in [6.45, 7) is 17.3. The summed E-state index contributed by atoms with van der Waals surface area (Å²) in [7, 11) is -0.444. The van der Waals surface area contributed by atoms with Crippen molar-refractivity contribution in [1.82, 2.24) is 4.90 Å². The number of ketones is 1. The summed E-state index contributed by atoms with van der Waals surface area (Å²) in [5.74, 6) is 0.997. The first-order valence-electron chi connectivity index (χ1n) is 10.8. The molecule has 1 fully saturated rings. The molecule has 30 heavy (non-hydrogen) atoms. The third-order valence-electron chi connectivity index (χ3n) is 6.52. The summed E-state index contributed by atoms with van der Waals surface area (Å²) >= 11 is 0. The molecule has 1 amide bonds. The van der Waals surface area contributed by atoms with Crippen LogP contribution in [0.15, 0.2) is 24.3 Å². The van der Waals surface area contributed by atoms with Crippen molar-refractivity contribution in [3.63, 3.8) is 0 Å². The summed E-state index contributed by atoms with van der Waals surface area (Å²) < 4.78 is 11.9. The van der Waals surface area contributed by atoms with Crippen LogP contribution >= 0.6 is 0 Å². The highest BCUT2D eigenvalue weighted by Crippen LogP contribution is 2.40. The molecule has 1 aliphatic rings. The van der Waals surface area contributed by atoms with Crippen molar-refractivity contribution in [2.75, 3.05) is 7.11 Å². The lowest BCUT2D eigenvalue weighted by Gasteiger charge is -2.40. The van der Waals surface area contributed by atoms with E-state index in [0.29, 0.717) is 19.4 Å². The largest absolute Gasteiger partial charge is 0.497 e. The molecule has 2 rings (SSSR count). The summed E-state index contributed by atoms with van der Waals surface area (Å²) in [6, 6.07) is 7.50. The van der Waals surface area contributed by atoms with Crippen LogP contribution in [0.2, 0.25) is 18.1 Å². The molecule has 0 aromatic heterocycles. The number of carbonyl (C=O) groups excluding carboxylic acids is 2. The summed E-state index contributed by atoms with van der Waals surface area (Å²) in [5, 5.41) is 0.0397. The highest BCUT2D eigenvalue weighted by Gasteiger charge is 2.47. The first-order valence-corrected chi connectivity index (χ1v) is 13.7. The number of hydrogen-bond acceptors (Lipinski definition) is 4. The lowest BCUT2D eigenvalue weighted by molar-refractivity contribution is -0.131. The van der Waals surface area contributed by atoms with Gasteiger partial charge in [0, 0.05) is 18.4 Å². The smallest absolute Gasteiger partial charge is 0.225 e. The molecule has 0 N–H and O–H groups in total. The topological polar surface area (TPSA) is 55.8 Å². The Kier molecular flexibility index (Phi) is 7.24. The lowest BCUT2D eigenvalue weighted by atomic mass is 9.86. The molecule has 5 nitrogen and oxygen atoms in total. The van der Waals surface area contributed by atoms with E-state index in [0.717, 1.165) is 11.3 Å². The zero-order chi connectivity index (χ0) is 22.9. The molecule has 1 aliphatic heterocycles. The number of methoxy groups -OCH3 is 1.